The number of likely N-dealkylation sites (N-methyl/N-ethyl adjacent to an activating group) is 2. The van der Waals surface area contributed by atoms with Gasteiger partial charge in [0.15, 0.2) is 0 Å². The Morgan fingerprint density at radius 1 is 0.926 bits per heavy atom. The van der Waals surface area contributed by atoms with Crippen LogP contribution >= 0.6 is 0 Å². The smallest absolute Gasteiger partial charge is 0.247 e. The fraction of sp³-hybridized carbons (Fsp3) is 0.636. The van der Waals surface area contributed by atoms with Crippen LogP contribution < -0.4 is 0 Å². The summed E-state index contributed by atoms with van der Waals surface area (Å²) < 4.78 is 17.2. The van der Waals surface area contributed by atoms with E-state index in [9.17, 15) is 0 Å². The van der Waals surface area contributed by atoms with E-state index >= 15 is 4.39 Å². The zero-order valence-electron chi connectivity index (χ0n) is 17.4. The molecule has 0 radical (unpaired) electrons. The number of piperazine rings is 2. The molecule has 0 unspecified atom stereocenters. The van der Waals surface area contributed by atoms with Crippen molar-refractivity contribution in [2.75, 3.05) is 66.5 Å². The van der Waals surface area contributed by atoms with E-state index in [1.54, 1.807) is 0 Å². The molecule has 2 fully saturated rings. The molecular weight excluding hydrogens is 339 g/mol. The maximum absolute atomic E-state index is 17.2. The molecule has 1 aromatic carbocycles. The Morgan fingerprint density at radius 2 is 1.41 bits per heavy atom. The molecule has 27 heavy (non-hydrogen) atoms. The molecule has 0 spiro atoms. The predicted octanol–water partition coefficient (Wildman–Crippen LogP) is 3.07. The number of halogens is 1. The molecule has 0 saturated carbocycles. The minimum Gasteiger partial charge on any atom is -0.304 e. The number of hydrogen-bond acceptors (Lipinski definition) is 4. The largest absolute Gasteiger partial charge is 0.304 e. The minimum atomic E-state index is -1.55. The summed E-state index contributed by atoms with van der Waals surface area (Å²) in [5.74, 6) is -1.55. The van der Waals surface area contributed by atoms with Gasteiger partial charge in [-0.1, -0.05) is 42.8 Å². The number of alkyl halides is 1. The van der Waals surface area contributed by atoms with Gasteiger partial charge in [-0.3, -0.25) is 9.80 Å². The average Bonchev–Trinajstić information content (AvgIpc) is 2.69. The molecule has 5 heteroatoms. The van der Waals surface area contributed by atoms with Crippen LogP contribution in [0.3, 0.4) is 0 Å². The summed E-state index contributed by atoms with van der Waals surface area (Å²) in [4.78, 5) is 8.69. The molecule has 2 aliphatic heterocycles. The molecule has 3 rings (SSSR count). The molecule has 1 aromatic rings. The van der Waals surface area contributed by atoms with Gasteiger partial charge in [0, 0.05) is 57.9 Å². The summed E-state index contributed by atoms with van der Waals surface area (Å²) in [7, 11) is 4.24. The van der Waals surface area contributed by atoms with Gasteiger partial charge in [-0.2, -0.15) is 0 Å². The maximum atomic E-state index is 17.2. The molecule has 2 saturated heterocycles. The van der Waals surface area contributed by atoms with Gasteiger partial charge in [0.25, 0.3) is 0 Å². The first-order chi connectivity index (χ1) is 12.9. The van der Waals surface area contributed by atoms with Crippen LogP contribution in [-0.4, -0.2) is 86.1 Å². The van der Waals surface area contributed by atoms with Gasteiger partial charge in [-0.15, -0.1) is 0 Å². The van der Waals surface area contributed by atoms with Crippen molar-refractivity contribution in [3.8, 4) is 0 Å². The Bertz CT molecular complexity index is 621. The average molecular weight is 375 g/mol. The Morgan fingerprint density at radius 3 is 1.89 bits per heavy atom. The van der Waals surface area contributed by atoms with Gasteiger partial charge in [-0.25, -0.2) is 4.39 Å². The van der Waals surface area contributed by atoms with Crippen molar-refractivity contribution < 1.29 is 4.39 Å². The first-order valence-electron chi connectivity index (χ1n) is 10.3. The lowest BCUT2D eigenvalue weighted by molar-refractivity contribution is -0.187. The lowest BCUT2D eigenvalue weighted by Crippen LogP contribution is -2.63. The van der Waals surface area contributed by atoms with Crippen LogP contribution in [0.25, 0.3) is 6.08 Å². The highest BCUT2D eigenvalue weighted by atomic mass is 19.2. The van der Waals surface area contributed by atoms with Gasteiger partial charge in [-0.05, 0) is 33.0 Å². The van der Waals surface area contributed by atoms with Crippen LogP contribution in [0.4, 0.5) is 4.39 Å². The Labute approximate surface area is 164 Å². The van der Waals surface area contributed by atoms with E-state index < -0.39 is 5.92 Å². The summed E-state index contributed by atoms with van der Waals surface area (Å²) in [6.45, 7) is 10.9. The van der Waals surface area contributed by atoms with Crippen molar-refractivity contribution in [3.63, 3.8) is 0 Å². The zero-order chi connectivity index (χ0) is 19.4. The van der Waals surface area contributed by atoms with E-state index in [0.29, 0.717) is 0 Å². The SMILES string of the molecule is CC/C(C)=C/c1ccccc1C(F)(N1CCN(C)CC1)N1CCN(C)CC1. The van der Waals surface area contributed by atoms with Crippen LogP contribution in [0.1, 0.15) is 31.4 Å². The Kier molecular flexibility index (Phi) is 6.69. The second kappa shape index (κ2) is 8.82. The summed E-state index contributed by atoms with van der Waals surface area (Å²) in [6.07, 6.45) is 3.15. The van der Waals surface area contributed by atoms with Crippen molar-refractivity contribution in [1.82, 2.24) is 19.6 Å². The highest BCUT2D eigenvalue weighted by Crippen LogP contribution is 2.38. The van der Waals surface area contributed by atoms with Crippen molar-refractivity contribution in [2.24, 2.45) is 0 Å². The van der Waals surface area contributed by atoms with E-state index in [2.05, 4.69) is 59.7 Å². The molecule has 2 heterocycles. The fourth-order valence-electron chi connectivity index (χ4n) is 4.03. The van der Waals surface area contributed by atoms with Crippen LogP contribution in [0, 0.1) is 0 Å². The Balaban J connectivity index is 2.02. The third-order valence-corrected chi connectivity index (χ3v) is 6.11. The van der Waals surface area contributed by atoms with E-state index in [1.165, 1.54) is 5.57 Å². The first kappa shape index (κ1) is 20.5. The topological polar surface area (TPSA) is 13.0 Å². The Hall–Kier alpha value is -1.27. The third-order valence-electron chi connectivity index (χ3n) is 6.11. The fourth-order valence-corrected chi connectivity index (χ4v) is 4.03. The summed E-state index contributed by atoms with van der Waals surface area (Å²) in [5.41, 5.74) is 3.09. The first-order valence-corrected chi connectivity index (χ1v) is 10.3. The van der Waals surface area contributed by atoms with Crippen molar-refractivity contribution in [3.05, 3.63) is 41.0 Å². The second-order valence-corrected chi connectivity index (χ2v) is 8.10. The summed E-state index contributed by atoms with van der Waals surface area (Å²) in [5, 5.41) is 0. The molecule has 150 valence electrons. The number of allylic oxidation sites excluding steroid dienone is 1. The summed E-state index contributed by atoms with van der Waals surface area (Å²) >= 11 is 0. The molecule has 4 nitrogen and oxygen atoms in total. The molecule has 0 amide bonds. The maximum Gasteiger partial charge on any atom is 0.247 e. The van der Waals surface area contributed by atoms with Crippen molar-refractivity contribution >= 4 is 6.08 Å². The van der Waals surface area contributed by atoms with Gasteiger partial charge in [0.2, 0.25) is 5.92 Å². The van der Waals surface area contributed by atoms with E-state index in [1.807, 2.05) is 18.2 Å². The third kappa shape index (κ3) is 4.43. The number of hydrogen-bond donors (Lipinski definition) is 0. The molecule has 0 atom stereocenters. The van der Waals surface area contributed by atoms with E-state index in [-0.39, 0.29) is 0 Å². The van der Waals surface area contributed by atoms with Gasteiger partial charge in [0.1, 0.15) is 0 Å². The lowest BCUT2D eigenvalue weighted by Gasteiger charge is -2.50. The zero-order valence-corrected chi connectivity index (χ0v) is 17.4. The van der Waals surface area contributed by atoms with E-state index in [4.69, 9.17) is 0 Å². The molecule has 0 aliphatic carbocycles. The lowest BCUT2D eigenvalue weighted by atomic mass is 9.97. The number of benzene rings is 1. The van der Waals surface area contributed by atoms with Gasteiger partial charge < -0.3 is 9.80 Å². The quantitative estimate of drug-likeness (QED) is 0.735. The minimum absolute atomic E-state index is 0.754. The van der Waals surface area contributed by atoms with Crippen molar-refractivity contribution in [1.29, 1.82) is 0 Å². The van der Waals surface area contributed by atoms with E-state index in [0.717, 1.165) is 69.9 Å². The highest BCUT2D eigenvalue weighted by Gasteiger charge is 2.47. The number of rotatable bonds is 5. The monoisotopic (exact) mass is 374 g/mol. The van der Waals surface area contributed by atoms with Crippen molar-refractivity contribution in [2.45, 2.75) is 26.2 Å². The standard InChI is InChI=1S/C22H35FN4/c1-5-19(2)18-20-8-6-7-9-21(20)22(23,26-14-10-24(3)11-15-26)27-16-12-25(4)13-17-27/h6-9,18H,5,10-17H2,1-4H3/b19-18+. The molecule has 0 bridgehead atoms. The highest BCUT2D eigenvalue weighted by molar-refractivity contribution is 5.57. The van der Waals surface area contributed by atoms with Crippen LogP contribution in [-0.2, 0) is 5.92 Å². The number of nitrogens with zero attached hydrogens (tertiary/aromatic N) is 4. The molecule has 2 aliphatic rings. The summed E-state index contributed by atoms with van der Waals surface area (Å²) in [6, 6.07) is 8.06. The normalized spacial score (nSPS) is 22.3. The van der Waals surface area contributed by atoms with Gasteiger partial charge in [0.05, 0.1) is 0 Å². The second-order valence-electron chi connectivity index (χ2n) is 8.10. The predicted molar refractivity (Wildman–Crippen MR) is 111 cm³/mol. The van der Waals surface area contributed by atoms with Gasteiger partial charge >= 0.3 is 0 Å². The van der Waals surface area contributed by atoms with Crippen LogP contribution in [0.2, 0.25) is 0 Å². The molecule has 0 aromatic heterocycles. The van der Waals surface area contributed by atoms with Crippen LogP contribution in [0.5, 0.6) is 0 Å². The molecular formula is C22H35FN4. The molecule has 0 N–H and O–H groups in total. The van der Waals surface area contributed by atoms with Crippen LogP contribution in [0.15, 0.2) is 29.8 Å².